The van der Waals surface area contributed by atoms with Crippen LogP contribution in [-0.2, 0) is 19.2 Å². The number of carboxylic acid groups (broad SMARTS) is 1. The zero-order valence-corrected chi connectivity index (χ0v) is 18.8. The largest absolute Gasteiger partial charge is 0.481 e. The number of rotatable bonds is 11. The van der Waals surface area contributed by atoms with Gasteiger partial charge in [-0.15, -0.1) is 0 Å². The van der Waals surface area contributed by atoms with Crippen LogP contribution in [-0.4, -0.2) is 74.6 Å². The standard InChI is InChI=1S/C16H27N3O4S.C4H5NO3/c17-8-3-1-2-6-12(20)10(15(21)22)5-4-7-13-14-11(9-24-13)18-16(23)19-14;6-3-1-2-4(7)5(3)8/h10-11,13-14H,1-9,17H2,(H,21,22)(H2,18,19,23);8H,1-2H2/t10?,11-,13-,14-;/m0./s1. The SMILES string of the molecule is NCCCCCC(=O)C(CCC[C@@H]1SC[C@@H]2NC(=O)N[C@@H]21)C(=O)O.O=C1CCC(=O)N1O. The molecule has 4 atom stereocenters. The van der Waals surface area contributed by atoms with Gasteiger partial charge in [0.05, 0.1) is 12.1 Å². The Morgan fingerprint density at radius 1 is 1.09 bits per heavy atom. The van der Waals surface area contributed by atoms with Crippen LogP contribution in [0.15, 0.2) is 0 Å². The number of imide groups is 1. The van der Waals surface area contributed by atoms with Gasteiger partial charge in [0.15, 0.2) is 0 Å². The van der Waals surface area contributed by atoms with Crippen LogP contribution in [0, 0.1) is 5.92 Å². The van der Waals surface area contributed by atoms with Gasteiger partial charge >= 0.3 is 12.0 Å². The van der Waals surface area contributed by atoms with Gasteiger partial charge < -0.3 is 21.5 Å². The van der Waals surface area contributed by atoms with Crippen molar-refractivity contribution >= 4 is 41.4 Å². The Balaban J connectivity index is 0.000000380. The van der Waals surface area contributed by atoms with Crippen molar-refractivity contribution in [1.82, 2.24) is 15.7 Å². The molecule has 3 heterocycles. The van der Waals surface area contributed by atoms with Crippen molar-refractivity contribution in [3.05, 3.63) is 0 Å². The number of nitrogens with one attached hydrogen (secondary N) is 2. The van der Waals surface area contributed by atoms with Crippen molar-refractivity contribution in [2.75, 3.05) is 12.3 Å². The van der Waals surface area contributed by atoms with Gasteiger partial charge in [-0.05, 0) is 32.2 Å². The van der Waals surface area contributed by atoms with Crippen molar-refractivity contribution < 1.29 is 34.3 Å². The second kappa shape index (κ2) is 12.8. The summed E-state index contributed by atoms with van der Waals surface area (Å²) >= 11 is 1.80. The third-order valence-corrected chi connectivity index (χ3v) is 7.27. The highest BCUT2D eigenvalue weighted by Gasteiger charge is 2.42. The summed E-state index contributed by atoms with van der Waals surface area (Å²) in [6, 6.07) is 0.177. The minimum absolute atomic E-state index is 0.119. The lowest BCUT2D eigenvalue weighted by Gasteiger charge is -2.17. The molecule has 6 N–H and O–H groups in total. The molecule has 0 spiro atoms. The molecule has 0 aromatic carbocycles. The molecule has 0 radical (unpaired) electrons. The van der Waals surface area contributed by atoms with Gasteiger partial charge in [-0.2, -0.15) is 16.8 Å². The fourth-order valence-corrected chi connectivity index (χ4v) is 5.49. The highest BCUT2D eigenvalue weighted by molar-refractivity contribution is 8.00. The van der Waals surface area contributed by atoms with Crippen LogP contribution < -0.4 is 16.4 Å². The van der Waals surface area contributed by atoms with Crippen LogP contribution in [0.5, 0.6) is 0 Å². The summed E-state index contributed by atoms with van der Waals surface area (Å²) in [5.41, 5.74) is 5.41. The number of hydrogen-bond donors (Lipinski definition) is 5. The molecule has 3 aliphatic heterocycles. The number of amides is 4. The highest BCUT2D eigenvalue weighted by Crippen LogP contribution is 2.33. The summed E-state index contributed by atoms with van der Waals surface area (Å²) in [5, 5.41) is 24.0. The Hall–Kier alpha value is -2.18. The summed E-state index contributed by atoms with van der Waals surface area (Å²) in [4.78, 5) is 55.3. The van der Waals surface area contributed by atoms with E-state index in [1.54, 1.807) is 11.8 Å². The number of aliphatic carboxylic acids is 1. The number of Topliss-reactive ketones (excluding diaryl/α,β-unsaturated/α-hetero) is 1. The Morgan fingerprint density at radius 2 is 1.78 bits per heavy atom. The average molecular weight is 473 g/mol. The first-order valence-electron chi connectivity index (χ1n) is 10.9. The third kappa shape index (κ3) is 7.45. The van der Waals surface area contributed by atoms with Crippen molar-refractivity contribution in [2.45, 2.75) is 75.1 Å². The summed E-state index contributed by atoms with van der Waals surface area (Å²) < 4.78 is 0. The quantitative estimate of drug-likeness (QED) is 0.0948. The smallest absolute Gasteiger partial charge is 0.315 e. The predicted octanol–water partition coefficient (Wildman–Crippen LogP) is 0.636. The maximum atomic E-state index is 12.1. The minimum Gasteiger partial charge on any atom is -0.481 e. The van der Waals surface area contributed by atoms with E-state index in [9.17, 15) is 29.1 Å². The number of nitrogens with two attached hydrogens (primary N) is 1. The lowest BCUT2D eigenvalue weighted by Crippen LogP contribution is -2.37. The lowest BCUT2D eigenvalue weighted by atomic mass is 9.92. The van der Waals surface area contributed by atoms with E-state index in [1.807, 2.05) is 0 Å². The zero-order chi connectivity index (χ0) is 23.7. The van der Waals surface area contributed by atoms with Crippen molar-refractivity contribution in [2.24, 2.45) is 11.7 Å². The fraction of sp³-hybridized carbons (Fsp3) is 0.750. The zero-order valence-electron chi connectivity index (χ0n) is 18.0. The molecule has 3 fully saturated rings. The van der Waals surface area contributed by atoms with Crippen LogP contribution >= 0.6 is 11.8 Å². The second-order valence-electron chi connectivity index (χ2n) is 8.11. The van der Waals surface area contributed by atoms with Crippen LogP contribution in [0.2, 0.25) is 0 Å². The Bertz CT molecular complexity index is 704. The summed E-state index contributed by atoms with van der Waals surface area (Å²) in [5.74, 6) is -2.22. The molecule has 180 valence electrons. The van der Waals surface area contributed by atoms with Crippen molar-refractivity contribution in [3.63, 3.8) is 0 Å². The molecule has 3 rings (SSSR count). The summed E-state index contributed by atoms with van der Waals surface area (Å²) in [6.45, 7) is 0.600. The number of ketones is 1. The molecule has 12 heteroatoms. The first kappa shape index (κ1) is 26.1. The van der Waals surface area contributed by atoms with Crippen LogP contribution in [0.1, 0.15) is 57.8 Å². The molecule has 0 bridgehead atoms. The van der Waals surface area contributed by atoms with Gasteiger partial charge in [-0.3, -0.25) is 24.4 Å². The van der Waals surface area contributed by atoms with Gasteiger partial charge in [0.25, 0.3) is 11.8 Å². The van der Waals surface area contributed by atoms with Crippen LogP contribution in [0.25, 0.3) is 0 Å². The number of nitrogens with zero attached hydrogens (tertiary/aromatic N) is 1. The molecule has 0 saturated carbocycles. The first-order chi connectivity index (χ1) is 15.2. The van der Waals surface area contributed by atoms with Crippen LogP contribution in [0.3, 0.4) is 0 Å². The van der Waals surface area contributed by atoms with Crippen molar-refractivity contribution in [3.8, 4) is 0 Å². The summed E-state index contributed by atoms with van der Waals surface area (Å²) in [6.07, 6.45) is 4.93. The number of carbonyl (C=O) groups excluding carboxylic acids is 4. The summed E-state index contributed by atoms with van der Waals surface area (Å²) in [7, 11) is 0. The maximum Gasteiger partial charge on any atom is 0.315 e. The van der Waals surface area contributed by atoms with E-state index >= 15 is 0 Å². The second-order valence-corrected chi connectivity index (χ2v) is 9.38. The number of carboxylic acids is 1. The predicted molar refractivity (Wildman–Crippen MR) is 116 cm³/mol. The molecular weight excluding hydrogens is 440 g/mol. The molecule has 1 unspecified atom stereocenters. The lowest BCUT2D eigenvalue weighted by molar-refractivity contribution is -0.171. The number of urea groups is 1. The topological polar surface area (TPSA) is 179 Å². The van der Waals surface area contributed by atoms with E-state index in [-0.39, 0.29) is 41.8 Å². The molecular formula is C20H32N4O7S. The third-order valence-electron chi connectivity index (χ3n) is 5.76. The molecule has 0 aliphatic carbocycles. The highest BCUT2D eigenvalue weighted by atomic mass is 32.2. The van der Waals surface area contributed by atoms with Gasteiger partial charge in [-0.1, -0.05) is 12.8 Å². The molecule has 3 aliphatic rings. The molecule has 0 aromatic heterocycles. The van der Waals surface area contributed by atoms with Gasteiger partial charge in [-0.25, -0.2) is 4.79 Å². The number of hydroxylamine groups is 2. The van der Waals surface area contributed by atoms with E-state index in [2.05, 4.69) is 10.6 Å². The fourth-order valence-electron chi connectivity index (χ4n) is 3.95. The van der Waals surface area contributed by atoms with Gasteiger partial charge in [0.1, 0.15) is 11.7 Å². The Labute approximate surface area is 190 Å². The van der Waals surface area contributed by atoms with E-state index < -0.39 is 23.7 Å². The van der Waals surface area contributed by atoms with E-state index in [0.717, 1.165) is 25.0 Å². The molecule has 3 saturated heterocycles. The van der Waals surface area contributed by atoms with E-state index in [1.165, 1.54) is 0 Å². The molecule has 4 amide bonds. The molecule has 32 heavy (non-hydrogen) atoms. The molecule has 11 nitrogen and oxygen atoms in total. The maximum absolute atomic E-state index is 12.1. The van der Waals surface area contributed by atoms with Gasteiger partial charge in [0, 0.05) is 30.3 Å². The van der Waals surface area contributed by atoms with E-state index in [0.29, 0.717) is 37.5 Å². The number of carbonyl (C=O) groups is 5. The number of unbranched alkanes of at least 4 members (excludes halogenated alkanes) is 2. The number of thioether (sulfide) groups is 1. The van der Waals surface area contributed by atoms with Crippen molar-refractivity contribution in [1.29, 1.82) is 0 Å². The normalized spacial score (nSPS) is 25.0. The number of fused-ring (bicyclic) bond motifs is 1. The minimum atomic E-state index is -1.02. The Kier molecular flexibility index (Phi) is 10.4. The first-order valence-corrected chi connectivity index (χ1v) is 12.0. The average Bonchev–Trinajstić information content (AvgIpc) is 3.39. The van der Waals surface area contributed by atoms with Crippen LogP contribution in [0.4, 0.5) is 4.79 Å². The van der Waals surface area contributed by atoms with Gasteiger partial charge in [0.2, 0.25) is 0 Å². The number of hydrogen-bond acceptors (Lipinski definition) is 8. The monoisotopic (exact) mass is 472 g/mol. The Morgan fingerprint density at radius 3 is 2.34 bits per heavy atom. The molecule has 0 aromatic rings. The van der Waals surface area contributed by atoms with E-state index in [4.69, 9.17) is 10.9 Å².